The minimum absolute atomic E-state index is 0. The first-order valence-electron chi connectivity index (χ1n) is 9.37. The van der Waals surface area contributed by atoms with E-state index in [0.717, 1.165) is 36.4 Å². The molecule has 4 rings (SSSR count). The quantitative estimate of drug-likeness (QED) is 0.685. The van der Waals surface area contributed by atoms with E-state index < -0.39 is 0 Å². The van der Waals surface area contributed by atoms with Crippen molar-refractivity contribution < 1.29 is 9.53 Å². The van der Waals surface area contributed by atoms with Crippen molar-refractivity contribution in [3.63, 3.8) is 0 Å². The molecule has 2 aromatic heterocycles. The third-order valence-electron chi connectivity index (χ3n) is 4.90. The number of aromatic nitrogens is 2. The van der Waals surface area contributed by atoms with Gasteiger partial charge in [0.2, 0.25) is 5.91 Å². The Morgan fingerprint density at radius 3 is 3.04 bits per heavy atom. The van der Waals surface area contributed by atoms with Gasteiger partial charge in [0.25, 0.3) is 0 Å². The minimum Gasteiger partial charge on any atom is -0.487 e. The van der Waals surface area contributed by atoms with E-state index in [1.54, 1.807) is 0 Å². The van der Waals surface area contributed by atoms with Crippen LogP contribution in [0.4, 0.5) is 5.69 Å². The number of ether oxygens (including phenoxy) is 1. The molecular formula is C21H25ClN4O2. The lowest BCUT2D eigenvalue weighted by Gasteiger charge is -2.27. The van der Waals surface area contributed by atoms with Gasteiger partial charge in [-0.1, -0.05) is 12.1 Å². The van der Waals surface area contributed by atoms with Crippen molar-refractivity contribution in [3.8, 4) is 5.75 Å². The third kappa shape index (κ3) is 4.82. The predicted molar refractivity (Wildman–Crippen MR) is 112 cm³/mol. The molecule has 1 saturated heterocycles. The Hall–Kier alpha value is -2.57. The maximum absolute atomic E-state index is 12.5. The normalized spacial score (nSPS) is 19.0. The molecule has 3 heterocycles. The van der Waals surface area contributed by atoms with E-state index in [1.807, 2.05) is 59.3 Å². The molecule has 1 aromatic carbocycles. The fourth-order valence-electron chi connectivity index (χ4n) is 3.49. The van der Waals surface area contributed by atoms with Gasteiger partial charge >= 0.3 is 0 Å². The number of carbonyl (C=O) groups excluding carboxylic acids is 1. The summed E-state index contributed by atoms with van der Waals surface area (Å²) in [5.74, 6) is 0.855. The van der Waals surface area contributed by atoms with Gasteiger partial charge in [0.05, 0.1) is 5.69 Å². The molecule has 3 aromatic rings. The number of imidazole rings is 1. The number of nitrogens with one attached hydrogen (secondary N) is 2. The molecule has 2 atom stereocenters. The van der Waals surface area contributed by atoms with Crippen molar-refractivity contribution in [2.75, 3.05) is 11.9 Å². The van der Waals surface area contributed by atoms with Gasteiger partial charge in [0.15, 0.2) is 0 Å². The van der Waals surface area contributed by atoms with Gasteiger partial charge in [0, 0.05) is 36.1 Å². The Labute approximate surface area is 170 Å². The van der Waals surface area contributed by atoms with Crippen LogP contribution in [0, 0.1) is 5.92 Å². The Balaban J connectivity index is 0.00000225. The van der Waals surface area contributed by atoms with Crippen molar-refractivity contribution in [2.24, 2.45) is 5.92 Å². The second-order valence-corrected chi connectivity index (χ2v) is 7.08. The maximum Gasteiger partial charge on any atom is 0.227 e. The fourth-order valence-corrected chi connectivity index (χ4v) is 3.49. The molecule has 0 bridgehead atoms. The summed E-state index contributed by atoms with van der Waals surface area (Å²) >= 11 is 0. The van der Waals surface area contributed by atoms with E-state index in [-0.39, 0.29) is 24.2 Å². The lowest BCUT2D eigenvalue weighted by molar-refractivity contribution is -0.120. The standard InChI is InChI=1S/C21H24N4O2.ClH/c1-15-11-16(8-9-22-15)21(26)24-17-5-4-6-19(12-17)27-14-18-13-25-10-3-2-7-20(25)23-18;/h2-7,10,12-13,15-16,22H,8-9,11,14H2,1H3,(H,24,26);1H/t15-,16-;/m0./s1. The SMILES string of the molecule is C[C@H]1C[C@@H](C(=O)Nc2cccc(OCc3cn4ccccc4n3)c2)CCN1.Cl. The lowest BCUT2D eigenvalue weighted by atomic mass is 9.92. The average Bonchev–Trinajstić information content (AvgIpc) is 3.10. The molecule has 0 saturated carbocycles. The van der Waals surface area contributed by atoms with Crippen LogP contribution in [0.5, 0.6) is 5.75 Å². The Morgan fingerprint density at radius 1 is 1.32 bits per heavy atom. The second kappa shape index (κ2) is 9.08. The molecule has 0 spiro atoms. The number of halogens is 1. The van der Waals surface area contributed by atoms with Gasteiger partial charge in [-0.05, 0) is 50.6 Å². The summed E-state index contributed by atoms with van der Waals surface area (Å²) in [6.07, 6.45) is 5.67. The largest absolute Gasteiger partial charge is 0.487 e. The van der Waals surface area contributed by atoms with Crippen LogP contribution in [-0.2, 0) is 11.4 Å². The van der Waals surface area contributed by atoms with Crippen molar-refractivity contribution in [1.82, 2.24) is 14.7 Å². The van der Waals surface area contributed by atoms with Crippen molar-refractivity contribution >= 4 is 29.6 Å². The average molecular weight is 401 g/mol. The zero-order valence-corrected chi connectivity index (χ0v) is 16.6. The number of benzene rings is 1. The van der Waals surface area contributed by atoms with Crippen molar-refractivity contribution in [3.05, 3.63) is 60.6 Å². The number of fused-ring (bicyclic) bond motifs is 1. The van der Waals surface area contributed by atoms with Gasteiger partial charge in [-0.25, -0.2) is 4.98 Å². The number of amides is 1. The molecule has 1 aliphatic heterocycles. The van der Waals surface area contributed by atoms with E-state index in [0.29, 0.717) is 18.4 Å². The van der Waals surface area contributed by atoms with Crippen LogP contribution in [0.15, 0.2) is 54.9 Å². The summed E-state index contributed by atoms with van der Waals surface area (Å²) in [4.78, 5) is 17.0. The van der Waals surface area contributed by atoms with Gasteiger partial charge in [-0.3, -0.25) is 4.79 Å². The highest BCUT2D eigenvalue weighted by Crippen LogP contribution is 2.22. The van der Waals surface area contributed by atoms with Crippen LogP contribution < -0.4 is 15.4 Å². The summed E-state index contributed by atoms with van der Waals surface area (Å²) in [7, 11) is 0. The number of nitrogens with zero attached hydrogens (tertiary/aromatic N) is 2. The highest BCUT2D eigenvalue weighted by atomic mass is 35.5. The molecule has 1 aliphatic rings. The molecule has 148 valence electrons. The number of piperidine rings is 1. The highest BCUT2D eigenvalue weighted by Gasteiger charge is 2.24. The van der Waals surface area contributed by atoms with E-state index in [9.17, 15) is 4.79 Å². The molecule has 28 heavy (non-hydrogen) atoms. The lowest BCUT2D eigenvalue weighted by Crippen LogP contribution is -2.40. The zero-order valence-electron chi connectivity index (χ0n) is 15.8. The van der Waals surface area contributed by atoms with E-state index in [1.165, 1.54) is 0 Å². The van der Waals surface area contributed by atoms with Crippen LogP contribution in [0.1, 0.15) is 25.5 Å². The number of hydrogen-bond acceptors (Lipinski definition) is 4. The Kier molecular flexibility index (Phi) is 6.54. The van der Waals surface area contributed by atoms with Crippen LogP contribution in [0.2, 0.25) is 0 Å². The number of carbonyl (C=O) groups is 1. The fraction of sp³-hybridized carbons (Fsp3) is 0.333. The summed E-state index contributed by atoms with van der Waals surface area (Å²) in [6.45, 7) is 3.39. The van der Waals surface area contributed by atoms with Gasteiger partial charge in [-0.15, -0.1) is 12.4 Å². The van der Waals surface area contributed by atoms with E-state index in [2.05, 4.69) is 22.5 Å². The number of anilines is 1. The van der Waals surface area contributed by atoms with Gasteiger partial charge in [-0.2, -0.15) is 0 Å². The Bertz CT molecular complexity index is 910. The molecule has 0 aliphatic carbocycles. The highest BCUT2D eigenvalue weighted by molar-refractivity contribution is 5.92. The van der Waals surface area contributed by atoms with Crippen LogP contribution in [-0.4, -0.2) is 27.9 Å². The molecular weight excluding hydrogens is 376 g/mol. The summed E-state index contributed by atoms with van der Waals surface area (Å²) in [6, 6.07) is 13.8. The zero-order chi connectivity index (χ0) is 18.6. The van der Waals surface area contributed by atoms with E-state index >= 15 is 0 Å². The van der Waals surface area contributed by atoms with Crippen LogP contribution in [0.25, 0.3) is 5.65 Å². The van der Waals surface area contributed by atoms with Gasteiger partial charge < -0.3 is 19.8 Å². The molecule has 1 fully saturated rings. The molecule has 1 amide bonds. The van der Waals surface area contributed by atoms with Crippen molar-refractivity contribution in [1.29, 1.82) is 0 Å². The number of hydrogen-bond donors (Lipinski definition) is 2. The summed E-state index contributed by atoms with van der Waals surface area (Å²) in [5, 5.41) is 6.40. The molecule has 0 unspecified atom stereocenters. The number of rotatable bonds is 5. The molecule has 7 heteroatoms. The van der Waals surface area contributed by atoms with Crippen LogP contribution in [0.3, 0.4) is 0 Å². The molecule has 0 radical (unpaired) electrons. The summed E-state index contributed by atoms with van der Waals surface area (Å²) < 4.78 is 7.84. The first-order valence-corrected chi connectivity index (χ1v) is 9.37. The monoisotopic (exact) mass is 400 g/mol. The number of pyridine rings is 1. The van der Waals surface area contributed by atoms with Gasteiger partial charge in [0.1, 0.15) is 18.0 Å². The minimum atomic E-state index is 0. The van der Waals surface area contributed by atoms with Crippen molar-refractivity contribution in [2.45, 2.75) is 32.4 Å². The molecule has 2 N–H and O–H groups in total. The smallest absolute Gasteiger partial charge is 0.227 e. The van der Waals surface area contributed by atoms with E-state index in [4.69, 9.17) is 4.74 Å². The van der Waals surface area contributed by atoms with Crippen LogP contribution >= 0.6 is 12.4 Å². The first kappa shape index (κ1) is 20.2. The maximum atomic E-state index is 12.5. The summed E-state index contributed by atoms with van der Waals surface area (Å²) in [5.41, 5.74) is 2.52. The first-order chi connectivity index (χ1) is 13.2. The second-order valence-electron chi connectivity index (χ2n) is 7.08. The third-order valence-corrected chi connectivity index (χ3v) is 4.90. The molecule has 6 nitrogen and oxygen atoms in total. The topological polar surface area (TPSA) is 67.7 Å². The Morgan fingerprint density at radius 2 is 2.21 bits per heavy atom. The predicted octanol–water partition coefficient (Wildman–Crippen LogP) is 3.66.